The number of furan rings is 2. The normalized spacial score (nSPS) is 12.9. The van der Waals surface area contributed by atoms with Crippen molar-refractivity contribution in [1.29, 1.82) is 0 Å². The van der Waals surface area contributed by atoms with Crippen LogP contribution in [0.3, 0.4) is 0 Å². The second-order valence-electron chi connectivity index (χ2n) is 21.0. The van der Waals surface area contributed by atoms with E-state index in [2.05, 4.69) is 73.9 Å². The van der Waals surface area contributed by atoms with Crippen molar-refractivity contribution in [3.63, 3.8) is 0 Å². The Kier molecular flexibility index (Phi) is 13.7. The smallest absolute Gasteiger partial charge is 0.161 e. The van der Waals surface area contributed by atoms with Gasteiger partial charge < -0.3 is 14.6 Å². The fraction of sp³-hybridized carbons (Fsp3) is 0.0132. The van der Waals surface area contributed by atoms with E-state index in [0.29, 0.717) is 57.5 Å². The van der Waals surface area contributed by atoms with Gasteiger partial charge in [-0.2, -0.15) is 0 Å². The lowest BCUT2D eigenvalue weighted by molar-refractivity contribution is 0.560. The summed E-state index contributed by atoms with van der Waals surface area (Å²) in [5.74, 6) is 1.78. The monoisotopic (exact) mass is 1130 g/mol. The minimum Gasteiger partial charge on any atom is -0.460 e. The second-order valence-corrected chi connectivity index (χ2v) is 21.0. The maximum Gasteiger partial charge on any atom is 0.161 e. The van der Waals surface area contributed by atoms with Crippen LogP contribution in [0.1, 0.15) is 34.0 Å². The number of nitrogens with two attached hydrogens (primary N) is 1. The maximum absolute atomic E-state index is 7.15. The molecule has 0 saturated carbocycles. The second kappa shape index (κ2) is 23.0. The molecule has 414 valence electrons. The number of hydrogen-bond acceptors (Lipinski definition) is 12. The molecule has 88 heavy (non-hydrogen) atoms. The van der Waals surface area contributed by atoms with Crippen LogP contribution in [0, 0.1) is 0 Å². The van der Waals surface area contributed by atoms with Crippen molar-refractivity contribution in [3.8, 4) is 78.7 Å². The molecule has 0 spiro atoms. The molecular weight excluding hydrogens is 1080 g/mol. The van der Waals surface area contributed by atoms with Gasteiger partial charge in [-0.1, -0.05) is 121 Å². The Morgan fingerprint density at radius 1 is 0.511 bits per heavy atom. The van der Waals surface area contributed by atoms with Crippen LogP contribution in [0.25, 0.3) is 135 Å². The van der Waals surface area contributed by atoms with Crippen molar-refractivity contribution >= 4 is 62.2 Å². The van der Waals surface area contributed by atoms with E-state index in [1.807, 2.05) is 170 Å². The Bertz CT molecular complexity index is 5110. The van der Waals surface area contributed by atoms with Crippen LogP contribution in [-0.2, 0) is 6.42 Å². The zero-order chi connectivity index (χ0) is 58.8. The van der Waals surface area contributed by atoms with Gasteiger partial charge in [-0.25, -0.2) is 24.9 Å². The third-order valence-corrected chi connectivity index (χ3v) is 15.5. The zero-order valence-electron chi connectivity index (χ0n) is 47.0. The van der Waals surface area contributed by atoms with Crippen LogP contribution in [0.5, 0.6) is 0 Å². The first-order chi connectivity index (χ1) is 43.5. The molecule has 8 aromatic heterocycles. The van der Waals surface area contributed by atoms with E-state index in [0.717, 1.165) is 111 Å². The van der Waals surface area contributed by atoms with Crippen molar-refractivity contribution in [2.24, 2.45) is 10.7 Å². The van der Waals surface area contributed by atoms with Crippen molar-refractivity contribution in [1.82, 2.24) is 39.9 Å². The molecular formula is C76H48N10O2. The van der Waals surface area contributed by atoms with E-state index in [-0.39, 0.29) is 0 Å². The fourth-order valence-electron chi connectivity index (χ4n) is 11.3. The highest BCUT2D eigenvalue weighted by Crippen LogP contribution is 2.45. The summed E-state index contributed by atoms with van der Waals surface area (Å²) in [6.07, 6.45) is 29.9. The molecule has 15 rings (SSSR count). The molecule has 0 fully saturated rings. The van der Waals surface area contributed by atoms with E-state index < -0.39 is 0 Å². The van der Waals surface area contributed by atoms with Gasteiger partial charge in [-0.3, -0.25) is 19.9 Å². The summed E-state index contributed by atoms with van der Waals surface area (Å²) in [7, 11) is 0. The minimum absolute atomic E-state index is 0.302. The SMILES string of the molecule is N/C(=C\c1c(Cc2cc(-c3ccccc3)nc3c2oc2ccc(-c4c(-c5ccncc5)nc(C5=CC=CC=C=C5)nc4-c4ccncc4)cc23)oc2ccc(-c3c(C4=C=CC=NC=C4)nc(-c4ccccc4)nc3-c3ccncc3)cc12)c1ccccc1. The molecule has 1 aliphatic carbocycles. The van der Waals surface area contributed by atoms with Crippen molar-refractivity contribution in [2.75, 3.05) is 0 Å². The molecule has 0 unspecified atom stereocenters. The number of aromatic nitrogens is 8. The lowest BCUT2D eigenvalue weighted by Gasteiger charge is -2.17. The van der Waals surface area contributed by atoms with E-state index in [1.165, 1.54) is 0 Å². The number of fused-ring (bicyclic) bond motifs is 4. The molecule has 0 amide bonds. The van der Waals surface area contributed by atoms with E-state index >= 15 is 0 Å². The number of benzene rings is 5. The third kappa shape index (κ3) is 10.2. The third-order valence-electron chi connectivity index (χ3n) is 15.5. The number of pyridine rings is 4. The van der Waals surface area contributed by atoms with Gasteiger partial charge in [-0.05, 0) is 114 Å². The quantitative estimate of drug-likeness (QED) is 0.109. The summed E-state index contributed by atoms with van der Waals surface area (Å²) < 4.78 is 14.1. The number of rotatable bonds is 13. The lowest BCUT2D eigenvalue weighted by Crippen LogP contribution is -2.03. The van der Waals surface area contributed by atoms with Crippen LogP contribution in [-0.4, -0.2) is 46.1 Å². The number of aliphatic imine (C=N–C) groups is 1. The van der Waals surface area contributed by atoms with Crippen LogP contribution < -0.4 is 5.73 Å². The lowest BCUT2D eigenvalue weighted by atomic mass is 9.92. The molecule has 2 N–H and O–H groups in total. The highest BCUT2D eigenvalue weighted by atomic mass is 16.3. The fourth-order valence-corrected chi connectivity index (χ4v) is 11.3. The average Bonchev–Trinajstić information content (AvgIpc) is 1.63. The van der Waals surface area contributed by atoms with Crippen LogP contribution in [0.4, 0.5) is 0 Å². The van der Waals surface area contributed by atoms with Crippen LogP contribution in [0.2, 0.25) is 0 Å². The van der Waals surface area contributed by atoms with Crippen LogP contribution >= 0.6 is 0 Å². The largest absolute Gasteiger partial charge is 0.460 e. The van der Waals surface area contributed by atoms with Crippen LogP contribution in [0.15, 0.2) is 281 Å². The van der Waals surface area contributed by atoms with Crippen molar-refractivity contribution in [2.45, 2.75) is 6.42 Å². The molecule has 2 aliphatic rings. The highest BCUT2D eigenvalue weighted by molar-refractivity contribution is 6.08. The summed E-state index contributed by atoms with van der Waals surface area (Å²) >= 11 is 0. The summed E-state index contributed by atoms with van der Waals surface area (Å²) in [6.45, 7) is 0. The number of nitrogens with zero attached hydrogens (tertiary/aromatic N) is 9. The molecule has 12 nitrogen and oxygen atoms in total. The Hall–Kier alpha value is -12.3. The minimum atomic E-state index is 0.302. The summed E-state index contributed by atoms with van der Waals surface area (Å²) in [5, 5.41) is 1.64. The van der Waals surface area contributed by atoms with Gasteiger partial charge in [0.2, 0.25) is 0 Å². The molecule has 1 aliphatic heterocycles. The van der Waals surface area contributed by atoms with Crippen molar-refractivity contribution in [3.05, 3.63) is 301 Å². The zero-order valence-corrected chi connectivity index (χ0v) is 47.0. The van der Waals surface area contributed by atoms with Gasteiger partial charge in [-0.15, -0.1) is 11.5 Å². The number of hydrogen-bond donors (Lipinski definition) is 1. The molecule has 5 aromatic carbocycles. The summed E-state index contributed by atoms with van der Waals surface area (Å²) in [6, 6.07) is 56.5. The number of allylic oxidation sites excluding steroid dienone is 7. The van der Waals surface area contributed by atoms with Gasteiger partial charge >= 0.3 is 0 Å². The van der Waals surface area contributed by atoms with Gasteiger partial charge in [0.25, 0.3) is 0 Å². The molecule has 0 bridgehead atoms. The molecule has 13 aromatic rings. The predicted octanol–water partition coefficient (Wildman–Crippen LogP) is 17.0. The molecule has 0 atom stereocenters. The molecule has 0 saturated heterocycles. The van der Waals surface area contributed by atoms with Crippen molar-refractivity contribution < 1.29 is 8.83 Å². The highest BCUT2D eigenvalue weighted by Gasteiger charge is 2.27. The van der Waals surface area contributed by atoms with Gasteiger partial charge in [0.15, 0.2) is 17.2 Å². The molecule has 0 radical (unpaired) electrons. The first-order valence-corrected chi connectivity index (χ1v) is 28.6. The maximum atomic E-state index is 7.15. The predicted molar refractivity (Wildman–Crippen MR) is 351 cm³/mol. The van der Waals surface area contributed by atoms with Gasteiger partial charge in [0, 0.05) is 134 Å². The average molecular weight is 1130 g/mol. The Morgan fingerprint density at radius 3 is 1.75 bits per heavy atom. The van der Waals surface area contributed by atoms with E-state index in [4.69, 9.17) is 39.5 Å². The van der Waals surface area contributed by atoms with E-state index in [9.17, 15) is 0 Å². The molecule has 9 heterocycles. The summed E-state index contributed by atoms with van der Waals surface area (Å²) in [4.78, 5) is 44.4. The summed E-state index contributed by atoms with van der Waals surface area (Å²) in [5.41, 5.74) is 32.5. The van der Waals surface area contributed by atoms with Gasteiger partial charge in [0.1, 0.15) is 22.4 Å². The Morgan fingerprint density at radius 2 is 1.09 bits per heavy atom. The standard InChI is InChI=1S/C76H48N10O2/c77-62(48-15-8-3-9-16-48)47-60-59-43-56(67-69(50-23-14-35-78-36-28-50)83-75(55-21-12-5-13-22-55)84-70(67)51-29-37-79-38-30-51)24-26-64(59)87-66(60)46-58-45-63(49-17-10-4-11-18-49)82-73-61-44-57(25-27-65(61)88-74(58)73)68-71(52-31-39-80-40-32-52)85-76(54-19-6-1-2-7-20-54)86-72(68)53-33-41-81-42-34-53/h1-6,8-22,24-45,47H,46,77H2/b62-47-. The Balaban J connectivity index is 0.941. The first-order valence-electron chi connectivity index (χ1n) is 28.6. The van der Waals surface area contributed by atoms with E-state index in [1.54, 1.807) is 55.7 Å². The molecule has 12 heteroatoms. The first kappa shape index (κ1) is 52.5. The van der Waals surface area contributed by atoms with Gasteiger partial charge in [0.05, 0.1) is 28.5 Å². The Labute approximate surface area is 505 Å². The topological polar surface area (TPSA) is 168 Å².